The Kier molecular flexibility index (Phi) is 6.79. The summed E-state index contributed by atoms with van der Waals surface area (Å²) in [7, 11) is 4.04. The van der Waals surface area contributed by atoms with Crippen LogP contribution in [0.5, 0.6) is 0 Å². The number of anilines is 1. The maximum atomic E-state index is 13.6. The highest BCUT2D eigenvalue weighted by Crippen LogP contribution is 2.39. The molecular weight excluding hydrogens is 506 g/mol. The fourth-order valence-electron chi connectivity index (χ4n) is 4.71. The minimum atomic E-state index is 0.0734. The Morgan fingerprint density at radius 1 is 1.00 bits per heavy atom. The van der Waals surface area contributed by atoms with E-state index in [-0.39, 0.29) is 11.9 Å². The number of hydrogen-bond donors (Lipinski definition) is 0. The van der Waals surface area contributed by atoms with E-state index < -0.39 is 0 Å². The molecule has 174 valence electrons. The van der Waals surface area contributed by atoms with Gasteiger partial charge in [-0.15, -0.1) is 0 Å². The Balaban J connectivity index is 1.51. The third-order valence-corrected chi connectivity index (χ3v) is 8.10. The standard InChI is InChI=1S/C28H28BrN3OS/c1-31(2)25-15-12-19(16-24(25)29)17-26-27(33)32(23-10-4-3-5-11-23)28(34-26)30-22-14-13-20-8-6-7-9-21(20)18-22/h6-9,12-18,23H,3-5,10-11H2,1-2H3/b26-17-,30-28?. The minimum Gasteiger partial charge on any atom is -0.377 e. The molecule has 1 heterocycles. The Morgan fingerprint density at radius 2 is 1.76 bits per heavy atom. The highest BCUT2D eigenvalue weighted by Gasteiger charge is 2.38. The van der Waals surface area contributed by atoms with Gasteiger partial charge >= 0.3 is 0 Å². The van der Waals surface area contributed by atoms with E-state index in [1.54, 1.807) is 0 Å². The molecule has 1 aliphatic carbocycles. The molecule has 0 spiro atoms. The molecule has 2 aliphatic rings. The van der Waals surface area contributed by atoms with Crippen LogP contribution in [0.15, 0.2) is 75.0 Å². The lowest BCUT2D eigenvalue weighted by Gasteiger charge is -2.30. The van der Waals surface area contributed by atoms with E-state index in [0.717, 1.165) is 49.7 Å². The number of benzene rings is 3. The Bertz CT molecular complexity index is 1290. The van der Waals surface area contributed by atoms with Crippen LogP contribution in [0.3, 0.4) is 0 Å². The largest absolute Gasteiger partial charge is 0.377 e. The molecule has 0 radical (unpaired) electrons. The van der Waals surface area contributed by atoms with Crippen molar-refractivity contribution in [2.45, 2.75) is 38.1 Å². The molecule has 0 bridgehead atoms. The van der Waals surface area contributed by atoms with Gasteiger partial charge in [-0.05, 0) is 87.2 Å². The van der Waals surface area contributed by atoms with Gasteiger partial charge in [-0.25, -0.2) is 4.99 Å². The number of fused-ring (bicyclic) bond motifs is 1. The number of aliphatic imine (C=N–C) groups is 1. The first-order valence-electron chi connectivity index (χ1n) is 11.8. The number of rotatable bonds is 4. The monoisotopic (exact) mass is 533 g/mol. The van der Waals surface area contributed by atoms with Crippen LogP contribution in [0.1, 0.15) is 37.7 Å². The summed E-state index contributed by atoms with van der Waals surface area (Å²) in [5.41, 5.74) is 2.99. The van der Waals surface area contributed by atoms with Crippen molar-refractivity contribution in [3.8, 4) is 0 Å². The lowest BCUT2D eigenvalue weighted by atomic mass is 9.94. The highest BCUT2D eigenvalue weighted by atomic mass is 79.9. The quantitative estimate of drug-likeness (QED) is 0.324. The van der Waals surface area contributed by atoms with Crippen molar-refractivity contribution in [1.29, 1.82) is 0 Å². The Labute approximate surface area is 213 Å². The SMILES string of the molecule is CN(C)c1ccc(/C=C2\SC(=Nc3ccc4ccccc4c3)N(C3CCCCC3)C2=O)cc1Br. The summed E-state index contributed by atoms with van der Waals surface area (Å²) in [6.45, 7) is 0. The molecule has 0 atom stereocenters. The number of carbonyl (C=O) groups is 1. The normalized spacial score (nSPS) is 19.5. The molecule has 1 aliphatic heterocycles. The van der Waals surface area contributed by atoms with E-state index in [0.29, 0.717) is 0 Å². The Morgan fingerprint density at radius 3 is 2.50 bits per heavy atom. The van der Waals surface area contributed by atoms with Gasteiger partial charge in [0.05, 0.1) is 16.3 Å². The molecule has 1 amide bonds. The number of carbonyl (C=O) groups excluding carboxylic acids is 1. The molecule has 2 fully saturated rings. The van der Waals surface area contributed by atoms with E-state index in [1.807, 2.05) is 43.3 Å². The number of thioether (sulfide) groups is 1. The van der Waals surface area contributed by atoms with Gasteiger partial charge in [0.25, 0.3) is 5.91 Å². The maximum Gasteiger partial charge on any atom is 0.267 e. The summed E-state index contributed by atoms with van der Waals surface area (Å²) in [6.07, 6.45) is 7.66. The maximum absolute atomic E-state index is 13.6. The van der Waals surface area contributed by atoms with Crippen LogP contribution < -0.4 is 4.90 Å². The predicted molar refractivity (Wildman–Crippen MR) is 149 cm³/mol. The van der Waals surface area contributed by atoms with Crippen LogP contribution in [-0.2, 0) is 4.79 Å². The third-order valence-electron chi connectivity index (χ3n) is 6.49. The number of hydrogen-bond acceptors (Lipinski definition) is 4. The number of amidine groups is 1. The van der Waals surface area contributed by atoms with Crippen molar-refractivity contribution >= 4 is 67.0 Å². The molecule has 1 saturated heterocycles. The summed E-state index contributed by atoms with van der Waals surface area (Å²) in [5.74, 6) is 0.0734. The fraction of sp³-hybridized carbons (Fsp3) is 0.286. The zero-order valence-electron chi connectivity index (χ0n) is 19.5. The van der Waals surface area contributed by atoms with Gasteiger partial charge in [-0.1, -0.05) is 55.7 Å². The van der Waals surface area contributed by atoms with Crippen molar-refractivity contribution < 1.29 is 4.79 Å². The first-order valence-corrected chi connectivity index (χ1v) is 13.4. The van der Waals surface area contributed by atoms with Gasteiger partial charge in [0, 0.05) is 24.6 Å². The summed E-state index contributed by atoms with van der Waals surface area (Å²) in [6, 6.07) is 21.0. The average molecular weight is 535 g/mol. The van der Waals surface area contributed by atoms with Crippen LogP contribution in [0.2, 0.25) is 0 Å². The predicted octanol–water partition coefficient (Wildman–Crippen LogP) is 7.61. The molecule has 5 rings (SSSR count). The fourth-order valence-corrected chi connectivity index (χ4v) is 6.52. The van der Waals surface area contributed by atoms with E-state index in [9.17, 15) is 4.79 Å². The second kappa shape index (κ2) is 9.96. The third kappa shape index (κ3) is 4.80. The van der Waals surface area contributed by atoms with Gasteiger partial charge in [-0.3, -0.25) is 9.69 Å². The van der Waals surface area contributed by atoms with E-state index in [4.69, 9.17) is 4.99 Å². The molecular formula is C28H28BrN3OS. The average Bonchev–Trinajstić information content (AvgIpc) is 3.13. The molecule has 6 heteroatoms. The van der Waals surface area contributed by atoms with Crippen molar-refractivity contribution in [3.63, 3.8) is 0 Å². The minimum absolute atomic E-state index is 0.0734. The second-order valence-electron chi connectivity index (χ2n) is 9.11. The second-order valence-corrected chi connectivity index (χ2v) is 11.0. The lowest BCUT2D eigenvalue weighted by Crippen LogP contribution is -2.40. The van der Waals surface area contributed by atoms with Crippen molar-refractivity contribution in [2.24, 2.45) is 4.99 Å². The van der Waals surface area contributed by atoms with Crippen LogP contribution in [0.25, 0.3) is 16.8 Å². The smallest absolute Gasteiger partial charge is 0.267 e. The van der Waals surface area contributed by atoms with Gasteiger partial charge < -0.3 is 4.90 Å². The topological polar surface area (TPSA) is 35.9 Å². The number of nitrogens with zero attached hydrogens (tertiary/aromatic N) is 3. The van der Waals surface area contributed by atoms with Crippen LogP contribution in [0, 0.1) is 0 Å². The first-order chi connectivity index (χ1) is 16.5. The molecule has 3 aromatic rings. The summed E-state index contributed by atoms with van der Waals surface area (Å²) < 4.78 is 1.01. The van der Waals surface area contributed by atoms with Gasteiger partial charge in [-0.2, -0.15) is 0 Å². The zero-order chi connectivity index (χ0) is 23.7. The highest BCUT2D eigenvalue weighted by molar-refractivity contribution is 9.10. The molecule has 0 N–H and O–H groups in total. The van der Waals surface area contributed by atoms with Crippen LogP contribution in [0.4, 0.5) is 11.4 Å². The van der Waals surface area contributed by atoms with Gasteiger partial charge in [0.2, 0.25) is 0 Å². The molecule has 4 nitrogen and oxygen atoms in total. The molecule has 0 aromatic heterocycles. The molecule has 1 saturated carbocycles. The first kappa shape index (κ1) is 23.2. The van der Waals surface area contributed by atoms with Crippen molar-refractivity contribution in [2.75, 3.05) is 19.0 Å². The van der Waals surface area contributed by atoms with E-state index in [2.05, 4.69) is 63.3 Å². The number of amides is 1. The number of halogens is 1. The molecule has 34 heavy (non-hydrogen) atoms. The van der Waals surface area contributed by atoms with Crippen LogP contribution >= 0.6 is 27.7 Å². The Hall–Kier alpha value is -2.57. The summed E-state index contributed by atoms with van der Waals surface area (Å²) >= 11 is 5.16. The van der Waals surface area contributed by atoms with E-state index in [1.165, 1.54) is 36.4 Å². The van der Waals surface area contributed by atoms with E-state index >= 15 is 0 Å². The lowest BCUT2D eigenvalue weighted by molar-refractivity contribution is -0.124. The summed E-state index contributed by atoms with van der Waals surface area (Å²) in [4.78, 5) is 23.4. The van der Waals surface area contributed by atoms with Crippen molar-refractivity contribution in [3.05, 3.63) is 75.6 Å². The van der Waals surface area contributed by atoms with Crippen LogP contribution in [-0.4, -0.2) is 36.1 Å². The molecule has 3 aromatic carbocycles. The van der Waals surface area contributed by atoms with Gasteiger partial charge in [0.1, 0.15) is 0 Å². The molecule has 0 unspecified atom stereocenters. The van der Waals surface area contributed by atoms with Crippen molar-refractivity contribution in [1.82, 2.24) is 4.90 Å². The van der Waals surface area contributed by atoms with Gasteiger partial charge in [0.15, 0.2) is 5.17 Å². The summed E-state index contributed by atoms with van der Waals surface area (Å²) in [5, 5.41) is 3.14. The zero-order valence-corrected chi connectivity index (χ0v) is 21.9.